The number of hydrogen-bond acceptors (Lipinski definition) is 8. The first kappa shape index (κ1) is 30.2. The average molecular weight is 308 g/mol. The van der Waals surface area contributed by atoms with Gasteiger partial charge >= 0.3 is 113 Å². The van der Waals surface area contributed by atoms with Gasteiger partial charge in [-0.15, -0.1) is 9.05 Å². The molecule has 13 heteroatoms. The molecule has 0 bridgehead atoms. The summed E-state index contributed by atoms with van der Waals surface area (Å²) in [6.45, 7) is 0. The predicted molar refractivity (Wildman–Crippen MR) is 32.8 cm³/mol. The Morgan fingerprint density at radius 3 is 0.923 bits per heavy atom. The van der Waals surface area contributed by atoms with Crippen molar-refractivity contribution >= 4 is 130 Å². The Kier molecular flexibility index (Phi) is 32.5. The molecule has 0 unspecified atom stereocenters. The van der Waals surface area contributed by atoms with Crippen LogP contribution in [-0.2, 0) is 4.57 Å². The van der Waals surface area contributed by atoms with Crippen LogP contribution in [0.5, 0.6) is 0 Å². The van der Waals surface area contributed by atoms with Crippen LogP contribution in [0.1, 0.15) is 0 Å². The van der Waals surface area contributed by atoms with E-state index in [9.17, 15) is 0 Å². The van der Waals surface area contributed by atoms with Gasteiger partial charge in [-0.2, -0.15) is 7.82 Å². The van der Waals surface area contributed by atoms with Gasteiger partial charge in [0.1, 0.15) is 0 Å². The number of hydrogen-bond donors (Lipinski definition) is 1. The maximum Gasteiger partial charge on any atom is 2.00 e. The molecule has 0 aliphatic heterocycles. The molecule has 1 N–H and O–H groups in total. The molecule has 0 aliphatic rings. The molecule has 0 atom stereocenters. The van der Waals surface area contributed by atoms with Crippen molar-refractivity contribution in [1.29, 1.82) is 0 Å². The molecule has 0 aliphatic carbocycles. The van der Waals surface area contributed by atoms with Gasteiger partial charge in [-0.25, -0.2) is 0 Å². The first-order valence-electron chi connectivity index (χ1n) is 1.57. The molecule has 0 saturated heterocycles. The van der Waals surface area contributed by atoms with Gasteiger partial charge in [0.15, 0.2) is 0 Å². The summed E-state index contributed by atoms with van der Waals surface area (Å²) in [4.78, 5) is 58.7. The second-order valence-corrected chi connectivity index (χ2v) is 2.91. The van der Waals surface area contributed by atoms with Crippen LogP contribution >= 0.6 is 7.82 Å². The molecule has 0 aromatic heterocycles. The summed E-state index contributed by atoms with van der Waals surface area (Å²) in [6.07, 6.45) is 0. The van der Waals surface area contributed by atoms with Crippen molar-refractivity contribution in [3.8, 4) is 0 Å². The summed E-state index contributed by atoms with van der Waals surface area (Å²) in [5, 5.41) is 0. The molecular formula is HCa3O8PSi. The molecule has 0 aromatic rings. The average Bonchev–Trinajstić information content (AvgIpc) is 1.12. The molecule has 8 nitrogen and oxygen atoms in total. The number of phosphoric acid groups is 1. The van der Waals surface area contributed by atoms with Gasteiger partial charge in [-0.3, -0.25) is 0 Å². The van der Waals surface area contributed by atoms with Gasteiger partial charge in [-0.05, 0) is 0 Å². The molecule has 64 valence electrons. The standard InChI is InChI=1S/3Ca.H3O4P.HO4Si/c;;;2*1-5(2,3)4/h;;;(H3,1,2,3,4);1H/q3*+2;;-3/p-3. The van der Waals surface area contributed by atoms with Gasteiger partial charge < -0.3 is 38.4 Å². The summed E-state index contributed by atoms with van der Waals surface area (Å²) >= 11 is 0. The van der Waals surface area contributed by atoms with Crippen molar-refractivity contribution in [2.75, 3.05) is 0 Å². The van der Waals surface area contributed by atoms with Crippen molar-refractivity contribution in [3.05, 3.63) is 0 Å². The fraction of sp³-hybridized carbons (Fsp3) is 0. The van der Waals surface area contributed by atoms with E-state index in [1.807, 2.05) is 0 Å². The molecule has 0 spiro atoms. The first-order chi connectivity index (χ1) is 4.00. The van der Waals surface area contributed by atoms with E-state index < -0.39 is 16.9 Å². The van der Waals surface area contributed by atoms with E-state index >= 15 is 0 Å². The third-order valence-electron chi connectivity index (χ3n) is 0. The molecular weight excluding hydrogens is 307 g/mol. The molecule has 0 rings (SSSR count). The maximum absolute atomic E-state index is 8.69. The Morgan fingerprint density at radius 2 is 0.923 bits per heavy atom. The van der Waals surface area contributed by atoms with Crippen LogP contribution in [-0.4, -0.2) is 127 Å². The summed E-state index contributed by atoms with van der Waals surface area (Å²) in [5.41, 5.74) is 0. The monoisotopic (exact) mass is 308 g/mol. The fourth-order valence-corrected chi connectivity index (χ4v) is 0. The van der Waals surface area contributed by atoms with E-state index in [1.54, 1.807) is 0 Å². The van der Waals surface area contributed by atoms with E-state index in [4.69, 9.17) is 38.4 Å². The molecule has 0 fully saturated rings. The Balaban J connectivity index is -0.0000000267. The second kappa shape index (κ2) is 14.0. The first-order valence-corrected chi connectivity index (χ1v) is 4.70. The zero-order chi connectivity index (χ0) is 9.00. The van der Waals surface area contributed by atoms with E-state index in [-0.39, 0.29) is 113 Å². The number of rotatable bonds is 0. The molecule has 0 amide bonds. The van der Waals surface area contributed by atoms with Crippen LogP contribution in [0, 0.1) is 0 Å². The van der Waals surface area contributed by atoms with Gasteiger partial charge in [-0.1, -0.05) is 0 Å². The van der Waals surface area contributed by atoms with Crippen molar-refractivity contribution < 1.29 is 38.4 Å². The van der Waals surface area contributed by atoms with E-state index in [2.05, 4.69) is 0 Å². The van der Waals surface area contributed by atoms with E-state index in [0.29, 0.717) is 0 Å². The van der Waals surface area contributed by atoms with Crippen molar-refractivity contribution in [1.82, 2.24) is 0 Å². The predicted octanol–water partition coefficient (Wildman–Crippen LogP) is -8.47. The molecule has 0 aromatic carbocycles. The van der Waals surface area contributed by atoms with Crippen molar-refractivity contribution in [2.45, 2.75) is 0 Å². The van der Waals surface area contributed by atoms with E-state index in [1.165, 1.54) is 0 Å². The summed E-state index contributed by atoms with van der Waals surface area (Å²) < 4.78 is 8.55. The maximum atomic E-state index is 8.69. The van der Waals surface area contributed by atoms with Crippen LogP contribution in [0.15, 0.2) is 0 Å². The Labute approximate surface area is 165 Å². The fourth-order valence-electron chi connectivity index (χ4n) is 0. The van der Waals surface area contributed by atoms with Gasteiger partial charge in [0, 0.05) is 0 Å². The van der Waals surface area contributed by atoms with Crippen molar-refractivity contribution in [3.63, 3.8) is 0 Å². The third kappa shape index (κ3) is 199. The van der Waals surface area contributed by atoms with Gasteiger partial charge in [0.25, 0.3) is 0 Å². The topological polar surface area (TPSA) is 176 Å². The third-order valence-corrected chi connectivity index (χ3v) is 0. The molecule has 0 heterocycles. The normalized spacial score (nSPS) is 9.15. The van der Waals surface area contributed by atoms with Crippen LogP contribution in [0.3, 0.4) is 0 Å². The Bertz CT molecular complexity index is 112. The molecule has 0 saturated carbocycles. The minimum atomic E-state index is -5.39. The van der Waals surface area contributed by atoms with Gasteiger partial charge in [0.05, 0.1) is 0 Å². The van der Waals surface area contributed by atoms with Crippen LogP contribution in [0.2, 0.25) is 0 Å². The molecule has 13 heavy (non-hydrogen) atoms. The smallest absolute Gasteiger partial charge is 0.861 e. The largest absolute Gasteiger partial charge is 2.00 e. The molecule has 0 radical (unpaired) electrons. The van der Waals surface area contributed by atoms with Crippen LogP contribution in [0.4, 0.5) is 0 Å². The Morgan fingerprint density at radius 1 is 0.923 bits per heavy atom. The summed E-state index contributed by atoms with van der Waals surface area (Å²) in [7, 11) is -10.8. The van der Waals surface area contributed by atoms with Crippen LogP contribution in [0.25, 0.3) is 0 Å². The summed E-state index contributed by atoms with van der Waals surface area (Å²) in [6, 6.07) is 0. The quantitative estimate of drug-likeness (QED) is 0.338. The second-order valence-electron chi connectivity index (χ2n) is 0.971. The zero-order valence-electron chi connectivity index (χ0n) is 6.37. The van der Waals surface area contributed by atoms with Gasteiger partial charge in [0.2, 0.25) is 0 Å². The Hall–Kier alpha value is 3.95. The van der Waals surface area contributed by atoms with E-state index in [0.717, 1.165) is 0 Å². The summed E-state index contributed by atoms with van der Waals surface area (Å²) in [5.74, 6) is 0. The van der Waals surface area contributed by atoms with Crippen LogP contribution < -0.4 is 29.1 Å². The SMILES string of the molecule is O=P([O-])([O-])[O-].[Ca+2].[Ca+2].[Ca+2].[O-][Si]([O-])([O-])O. The minimum absolute atomic E-state index is 0. The zero-order valence-corrected chi connectivity index (χ0v) is 14.9. The minimum Gasteiger partial charge on any atom is -0.861 e. The van der Waals surface area contributed by atoms with Crippen molar-refractivity contribution in [2.24, 2.45) is 0 Å².